The highest BCUT2D eigenvalue weighted by Gasteiger charge is 2.34. The minimum Gasteiger partial charge on any atom is -0.367 e. The molecule has 0 unspecified atom stereocenters. The van der Waals surface area contributed by atoms with E-state index in [0.29, 0.717) is 31.0 Å². The average Bonchev–Trinajstić information content (AvgIpc) is 2.41. The first-order chi connectivity index (χ1) is 9.89. The average molecular weight is 309 g/mol. The van der Waals surface area contributed by atoms with Gasteiger partial charge < -0.3 is 5.32 Å². The second-order valence-electron chi connectivity index (χ2n) is 5.21. The lowest BCUT2D eigenvalue weighted by atomic mass is 10.0. The van der Waals surface area contributed by atoms with Crippen LogP contribution in [0, 0.1) is 31.1 Å². The van der Waals surface area contributed by atoms with Gasteiger partial charge in [-0.3, -0.25) is 0 Å². The number of hydrogen-bond donors (Lipinski definition) is 1. The molecule has 0 aromatic carbocycles. The van der Waals surface area contributed by atoms with Crippen LogP contribution in [0.3, 0.4) is 0 Å². The molecule has 1 aromatic rings. The summed E-state index contributed by atoms with van der Waals surface area (Å²) >= 11 is 0. The molecule has 7 nitrogen and oxygen atoms in total. The molecule has 0 aliphatic carbocycles. The molecule has 0 radical (unpaired) electrons. The second kappa shape index (κ2) is 5.95. The Labute approximate surface area is 125 Å². The van der Waals surface area contributed by atoms with E-state index in [0.717, 1.165) is 11.3 Å². The Kier molecular flexibility index (Phi) is 4.44. The lowest BCUT2D eigenvalue weighted by molar-refractivity contribution is 0.212. The second-order valence-corrected chi connectivity index (χ2v) is 7.47. The van der Waals surface area contributed by atoms with Crippen molar-refractivity contribution in [3.63, 3.8) is 0 Å². The number of aryl methyl sites for hydroxylation is 1. The summed E-state index contributed by atoms with van der Waals surface area (Å²) in [6.07, 6.45) is 0. The Morgan fingerprint density at radius 1 is 1.38 bits per heavy atom. The highest BCUT2D eigenvalue weighted by Crippen LogP contribution is 2.22. The molecule has 1 aliphatic rings. The highest BCUT2D eigenvalue weighted by molar-refractivity contribution is 7.89. The van der Waals surface area contributed by atoms with Crippen molar-refractivity contribution in [2.45, 2.75) is 20.8 Å². The minimum atomic E-state index is -3.08. The molecule has 114 valence electrons. The van der Waals surface area contributed by atoms with E-state index in [4.69, 9.17) is 0 Å². The smallest absolute Gasteiger partial charge is 0.213 e. The van der Waals surface area contributed by atoms with Crippen LogP contribution in [0.5, 0.6) is 0 Å². The third-order valence-corrected chi connectivity index (χ3v) is 5.62. The molecule has 1 saturated heterocycles. The van der Waals surface area contributed by atoms with Gasteiger partial charge in [0.1, 0.15) is 11.6 Å². The van der Waals surface area contributed by atoms with E-state index < -0.39 is 10.0 Å². The number of rotatable bonds is 5. The molecule has 1 N–H and O–H groups in total. The molecule has 0 bridgehead atoms. The van der Waals surface area contributed by atoms with Crippen molar-refractivity contribution >= 4 is 15.8 Å². The van der Waals surface area contributed by atoms with E-state index >= 15 is 0 Å². The summed E-state index contributed by atoms with van der Waals surface area (Å²) in [7, 11) is -3.08. The van der Waals surface area contributed by atoms with Gasteiger partial charge in [0.25, 0.3) is 0 Å². The van der Waals surface area contributed by atoms with Crippen LogP contribution in [0.1, 0.15) is 23.7 Å². The summed E-state index contributed by atoms with van der Waals surface area (Å²) in [6.45, 7) is 6.91. The number of nitriles is 1. The Hall–Kier alpha value is -1.72. The zero-order valence-corrected chi connectivity index (χ0v) is 13.2. The monoisotopic (exact) mass is 309 g/mol. The Morgan fingerprint density at radius 3 is 2.62 bits per heavy atom. The molecule has 0 saturated carbocycles. The van der Waals surface area contributed by atoms with Gasteiger partial charge in [0.15, 0.2) is 5.82 Å². The van der Waals surface area contributed by atoms with Gasteiger partial charge in [0.2, 0.25) is 10.0 Å². The quantitative estimate of drug-likeness (QED) is 0.857. The maximum atomic E-state index is 11.6. The van der Waals surface area contributed by atoms with Crippen molar-refractivity contribution in [1.29, 1.82) is 5.26 Å². The first kappa shape index (κ1) is 15.7. The van der Waals surface area contributed by atoms with E-state index in [1.165, 1.54) is 4.31 Å². The Morgan fingerprint density at radius 2 is 2.05 bits per heavy atom. The predicted octanol–water partition coefficient (Wildman–Crippen LogP) is 0.659. The van der Waals surface area contributed by atoms with Crippen LogP contribution in [0.2, 0.25) is 0 Å². The lowest BCUT2D eigenvalue weighted by Gasteiger charge is -2.38. The molecule has 0 atom stereocenters. The topological polar surface area (TPSA) is 99.0 Å². The van der Waals surface area contributed by atoms with Gasteiger partial charge in [-0.05, 0) is 26.3 Å². The van der Waals surface area contributed by atoms with Crippen molar-refractivity contribution < 1.29 is 8.42 Å². The van der Waals surface area contributed by atoms with Crippen LogP contribution < -0.4 is 5.32 Å². The van der Waals surface area contributed by atoms with Gasteiger partial charge >= 0.3 is 0 Å². The van der Waals surface area contributed by atoms with Gasteiger partial charge in [-0.15, -0.1) is 5.10 Å². The van der Waals surface area contributed by atoms with E-state index in [-0.39, 0.29) is 11.7 Å². The maximum absolute atomic E-state index is 11.6. The van der Waals surface area contributed by atoms with Gasteiger partial charge in [-0.2, -0.15) is 10.4 Å². The summed E-state index contributed by atoms with van der Waals surface area (Å²) in [5.74, 6) is 0.840. The van der Waals surface area contributed by atoms with Gasteiger partial charge in [0.05, 0.1) is 11.4 Å². The maximum Gasteiger partial charge on any atom is 0.213 e. The number of aromatic nitrogens is 2. The predicted molar refractivity (Wildman–Crippen MR) is 79.2 cm³/mol. The minimum absolute atomic E-state index is 0.133. The molecule has 2 rings (SSSR count). The number of nitrogens with one attached hydrogen (secondary N) is 1. The third kappa shape index (κ3) is 3.14. The molecule has 21 heavy (non-hydrogen) atoms. The van der Waals surface area contributed by atoms with Crippen LogP contribution >= 0.6 is 0 Å². The van der Waals surface area contributed by atoms with E-state index in [1.54, 1.807) is 6.92 Å². The fourth-order valence-electron chi connectivity index (χ4n) is 2.17. The normalized spacial score (nSPS) is 16.3. The molecular formula is C13H19N5O2S. The Balaban J connectivity index is 1.95. The highest BCUT2D eigenvalue weighted by atomic mass is 32.2. The van der Waals surface area contributed by atoms with Gasteiger partial charge in [-0.25, -0.2) is 12.7 Å². The molecule has 0 amide bonds. The Bertz CT molecular complexity index is 675. The van der Waals surface area contributed by atoms with Crippen LogP contribution in [0.25, 0.3) is 0 Å². The zero-order valence-electron chi connectivity index (χ0n) is 12.4. The number of anilines is 1. The summed E-state index contributed by atoms with van der Waals surface area (Å²) in [6, 6.07) is 2.14. The van der Waals surface area contributed by atoms with Crippen LogP contribution in [0.15, 0.2) is 0 Å². The van der Waals surface area contributed by atoms with E-state index in [2.05, 4.69) is 21.6 Å². The fourth-order valence-corrected chi connectivity index (χ4v) is 3.41. The summed E-state index contributed by atoms with van der Waals surface area (Å²) in [5.41, 5.74) is 2.06. The van der Waals surface area contributed by atoms with Crippen molar-refractivity contribution in [3.05, 3.63) is 16.8 Å². The zero-order chi connectivity index (χ0) is 15.6. The van der Waals surface area contributed by atoms with Crippen LogP contribution in [-0.4, -0.2) is 48.3 Å². The number of sulfonamides is 1. The van der Waals surface area contributed by atoms with E-state index in [9.17, 15) is 13.7 Å². The standard InChI is InChI=1S/C13H19N5O2S/c1-4-21(19,20)18-7-11(8-18)6-15-13-12(5-14)9(2)10(3)16-17-13/h11H,4,6-8H2,1-3H3,(H,15,17). The molecule has 2 heterocycles. The fraction of sp³-hybridized carbons (Fsp3) is 0.615. The number of nitrogens with zero attached hydrogens (tertiary/aromatic N) is 4. The lowest BCUT2D eigenvalue weighted by Crippen LogP contribution is -2.52. The molecule has 1 aromatic heterocycles. The van der Waals surface area contributed by atoms with E-state index in [1.807, 2.05) is 13.8 Å². The SMILES string of the molecule is CCS(=O)(=O)N1CC(CNc2nnc(C)c(C)c2C#N)C1. The van der Waals surface area contributed by atoms with Crippen LogP contribution in [-0.2, 0) is 10.0 Å². The number of hydrogen-bond acceptors (Lipinski definition) is 6. The summed E-state index contributed by atoms with van der Waals surface area (Å²) < 4.78 is 24.7. The van der Waals surface area contributed by atoms with Crippen molar-refractivity contribution in [2.75, 3.05) is 30.7 Å². The molecule has 1 fully saturated rings. The summed E-state index contributed by atoms with van der Waals surface area (Å²) in [5, 5.41) is 20.3. The first-order valence-electron chi connectivity index (χ1n) is 6.84. The molecular weight excluding hydrogens is 290 g/mol. The van der Waals surface area contributed by atoms with Crippen molar-refractivity contribution in [1.82, 2.24) is 14.5 Å². The summed E-state index contributed by atoms with van der Waals surface area (Å²) in [4.78, 5) is 0. The van der Waals surface area contributed by atoms with Crippen LogP contribution in [0.4, 0.5) is 5.82 Å². The first-order valence-corrected chi connectivity index (χ1v) is 8.45. The third-order valence-electron chi connectivity index (χ3n) is 3.81. The largest absolute Gasteiger partial charge is 0.367 e. The molecule has 0 spiro atoms. The van der Waals surface area contributed by atoms with Gasteiger partial charge in [-0.1, -0.05) is 0 Å². The van der Waals surface area contributed by atoms with Crippen molar-refractivity contribution in [2.24, 2.45) is 5.92 Å². The van der Waals surface area contributed by atoms with Gasteiger partial charge in [0, 0.05) is 25.6 Å². The molecule has 8 heteroatoms. The van der Waals surface area contributed by atoms with Crippen molar-refractivity contribution in [3.8, 4) is 6.07 Å². The molecule has 1 aliphatic heterocycles.